The second-order valence-electron chi connectivity index (χ2n) is 5.39. The van der Waals surface area contributed by atoms with Gasteiger partial charge in [0.05, 0.1) is 4.92 Å². The van der Waals surface area contributed by atoms with Crippen LogP contribution in [0.5, 0.6) is 0 Å². The molecule has 0 unspecified atom stereocenters. The van der Waals surface area contributed by atoms with Crippen LogP contribution in [0.2, 0.25) is 0 Å². The zero-order valence-electron chi connectivity index (χ0n) is 12.1. The lowest BCUT2D eigenvalue weighted by molar-refractivity contribution is -0.385. The second kappa shape index (κ2) is 5.81. The molecular formula is C12H21N5O2. The monoisotopic (exact) mass is 267 g/mol. The molecule has 0 aliphatic heterocycles. The van der Waals surface area contributed by atoms with Crippen LogP contribution in [0.3, 0.4) is 0 Å². The molecule has 0 radical (unpaired) electrons. The van der Waals surface area contributed by atoms with Gasteiger partial charge in [0.25, 0.3) is 0 Å². The van der Waals surface area contributed by atoms with E-state index in [2.05, 4.69) is 20.6 Å². The number of rotatable bonds is 5. The molecule has 0 fully saturated rings. The number of aryl methyl sites for hydroxylation is 1. The Bertz CT molecular complexity index is 468. The first-order valence-electron chi connectivity index (χ1n) is 6.29. The summed E-state index contributed by atoms with van der Waals surface area (Å²) in [6, 6.07) is 0. The number of nitrogens with one attached hydrogen (secondary N) is 2. The van der Waals surface area contributed by atoms with Crippen LogP contribution in [0.4, 0.5) is 17.5 Å². The predicted octanol–water partition coefficient (Wildman–Crippen LogP) is 2.73. The zero-order valence-corrected chi connectivity index (χ0v) is 12.1. The minimum Gasteiger partial charge on any atom is -0.360 e. The van der Waals surface area contributed by atoms with Crippen molar-refractivity contribution in [3.63, 3.8) is 0 Å². The quantitative estimate of drug-likeness (QED) is 0.629. The highest BCUT2D eigenvalue weighted by molar-refractivity contribution is 5.61. The van der Waals surface area contributed by atoms with Crippen LogP contribution in [0.1, 0.15) is 39.8 Å². The van der Waals surface area contributed by atoms with Crippen LogP contribution in [-0.4, -0.2) is 27.0 Å². The van der Waals surface area contributed by atoms with Gasteiger partial charge in [0.2, 0.25) is 11.8 Å². The molecule has 0 aliphatic carbocycles. The molecule has 106 valence electrons. The number of nitrogens with zero attached hydrogens (tertiary/aromatic N) is 3. The molecule has 7 nitrogen and oxygen atoms in total. The van der Waals surface area contributed by atoms with Gasteiger partial charge in [-0.2, -0.15) is 4.98 Å². The largest absolute Gasteiger partial charge is 0.360 e. The number of hydrogen-bond donors (Lipinski definition) is 2. The van der Waals surface area contributed by atoms with E-state index in [-0.39, 0.29) is 17.0 Å². The van der Waals surface area contributed by atoms with Crippen LogP contribution >= 0.6 is 0 Å². The molecule has 1 heterocycles. The van der Waals surface area contributed by atoms with Crippen molar-refractivity contribution in [2.45, 2.75) is 46.6 Å². The van der Waals surface area contributed by atoms with E-state index in [1.165, 1.54) is 0 Å². The van der Waals surface area contributed by atoms with Crippen LogP contribution < -0.4 is 10.6 Å². The van der Waals surface area contributed by atoms with Crippen molar-refractivity contribution in [3.05, 3.63) is 15.8 Å². The minimum absolute atomic E-state index is 0.0722. The molecule has 0 bridgehead atoms. The van der Waals surface area contributed by atoms with Crippen LogP contribution in [-0.2, 0) is 0 Å². The van der Waals surface area contributed by atoms with E-state index < -0.39 is 4.92 Å². The number of anilines is 2. The standard InChI is InChI=1S/C12H21N5O2/c1-6-7-13-11-14-8(2)9(17(18)19)10(15-11)16-12(3,4)5/h6-7H2,1-5H3,(H2,13,14,15,16). The van der Waals surface area contributed by atoms with Crippen molar-refractivity contribution in [2.75, 3.05) is 17.2 Å². The van der Waals surface area contributed by atoms with Gasteiger partial charge in [-0.15, -0.1) is 0 Å². The van der Waals surface area contributed by atoms with Gasteiger partial charge in [0, 0.05) is 12.1 Å². The molecule has 0 saturated carbocycles. The lowest BCUT2D eigenvalue weighted by Crippen LogP contribution is -2.28. The topological polar surface area (TPSA) is 93.0 Å². The highest BCUT2D eigenvalue weighted by Gasteiger charge is 2.25. The smallest absolute Gasteiger partial charge is 0.332 e. The second-order valence-corrected chi connectivity index (χ2v) is 5.39. The zero-order chi connectivity index (χ0) is 14.6. The van der Waals surface area contributed by atoms with Crippen molar-refractivity contribution in [3.8, 4) is 0 Å². The van der Waals surface area contributed by atoms with Gasteiger partial charge in [0.1, 0.15) is 5.69 Å². The number of hydrogen-bond acceptors (Lipinski definition) is 6. The third kappa shape index (κ3) is 4.35. The molecular weight excluding hydrogens is 246 g/mol. The van der Waals surface area contributed by atoms with Crippen molar-refractivity contribution in [1.29, 1.82) is 0 Å². The van der Waals surface area contributed by atoms with Gasteiger partial charge in [-0.25, -0.2) is 4.98 Å². The Kier molecular flexibility index (Phi) is 4.63. The van der Waals surface area contributed by atoms with E-state index in [0.717, 1.165) is 13.0 Å². The first-order chi connectivity index (χ1) is 8.74. The average Bonchev–Trinajstić information content (AvgIpc) is 2.22. The highest BCUT2D eigenvalue weighted by atomic mass is 16.6. The molecule has 0 atom stereocenters. The summed E-state index contributed by atoms with van der Waals surface area (Å²) in [7, 11) is 0. The van der Waals surface area contributed by atoms with Crippen molar-refractivity contribution in [2.24, 2.45) is 0 Å². The normalized spacial score (nSPS) is 11.2. The van der Waals surface area contributed by atoms with Gasteiger partial charge in [0.15, 0.2) is 0 Å². The lowest BCUT2D eigenvalue weighted by atomic mass is 10.1. The fourth-order valence-corrected chi connectivity index (χ4v) is 1.54. The van der Waals surface area contributed by atoms with Crippen molar-refractivity contribution in [1.82, 2.24) is 9.97 Å². The molecule has 1 aromatic rings. The van der Waals surface area contributed by atoms with Gasteiger partial charge >= 0.3 is 5.69 Å². The molecule has 2 N–H and O–H groups in total. The molecule has 0 aromatic carbocycles. The van der Waals surface area contributed by atoms with E-state index in [0.29, 0.717) is 11.6 Å². The van der Waals surface area contributed by atoms with E-state index >= 15 is 0 Å². The van der Waals surface area contributed by atoms with Crippen LogP contribution in [0.25, 0.3) is 0 Å². The molecule has 1 rings (SSSR count). The molecule has 7 heteroatoms. The summed E-state index contributed by atoms with van der Waals surface area (Å²) in [6.45, 7) is 10.1. The summed E-state index contributed by atoms with van der Waals surface area (Å²) in [5, 5.41) is 17.2. The van der Waals surface area contributed by atoms with Gasteiger partial charge < -0.3 is 10.6 Å². The minimum atomic E-state index is -0.451. The fraction of sp³-hybridized carbons (Fsp3) is 0.667. The van der Waals surface area contributed by atoms with E-state index in [9.17, 15) is 10.1 Å². The Labute approximate surface area is 113 Å². The predicted molar refractivity (Wildman–Crippen MR) is 75.6 cm³/mol. The molecule has 0 saturated heterocycles. The maximum absolute atomic E-state index is 11.1. The maximum Gasteiger partial charge on any atom is 0.332 e. The molecule has 0 aliphatic rings. The molecule has 0 spiro atoms. The Morgan fingerprint density at radius 1 is 1.32 bits per heavy atom. The van der Waals surface area contributed by atoms with Crippen LogP contribution in [0.15, 0.2) is 0 Å². The van der Waals surface area contributed by atoms with Gasteiger partial charge in [-0.3, -0.25) is 10.1 Å². The van der Waals surface area contributed by atoms with Gasteiger partial charge in [-0.1, -0.05) is 6.92 Å². The van der Waals surface area contributed by atoms with E-state index in [1.54, 1.807) is 6.92 Å². The van der Waals surface area contributed by atoms with Crippen molar-refractivity contribution < 1.29 is 4.92 Å². The number of nitro groups is 1. The van der Waals surface area contributed by atoms with E-state index in [1.807, 2.05) is 27.7 Å². The summed E-state index contributed by atoms with van der Waals surface area (Å²) in [5.74, 6) is 0.667. The first-order valence-corrected chi connectivity index (χ1v) is 6.29. The summed E-state index contributed by atoms with van der Waals surface area (Å²) in [4.78, 5) is 19.0. The Morgan fingerprint density at radius 2 is 1.95 bits per heavy atom. The Balaban J connectivity index is 3.21. The maximum atomic E-state index is 11.1. The third-order valence-corrected chi connectivity index (χ3v) is 2.27. The molecule has 0 amide bonds. The highest BCUT2D eigenvalue weighted by Crippen LogP contribution is 2.28. The fourth-order valence-electron chi connectivity index (χ4n) is 1.54. The summed E-state index contributed by atoms with van der Waals surface area (Å²) >= 11 is 0. The summed E-state index contributed by atoms with van der Waals surface area (Å²) < 4.78 is 0. The van der Waals surface area contributed by atoms with Crippen LogP contribution in [0, 0.1) is 17.0 Å². The number of aromatic nitrogens is 2. The summed E-state index contributed by atoms with van der Waals surface area (Å²) in [5.41, 5.74) is -0.0320. The average molecular weight is 267 g/mol. The molecule has 19 heavy (non-hydrogen) atoms. The molecule has 1 aromatic heterocycles. The lowest BCUT2D eigenvalue weighted by Gasteiger charge is -2.21. The summed E-state index contributed by atoms with van der Waals surface area (Å²) in [6.07, 6.45) is 0.932. The van der Waals surface area contributed by atoms with Crippen molar-refractivity contribution >= 4 is 17.5 Å². The first kappa shape index (κ1) is 15.1. The van der Waals surface area contributed by atoms with Gasteiger partial charge in [-0.05, 0) is 34.1 Å². The third-order valence-electron chi connectivity index (χ3n) is 2.27. The Hall–Kier alpha value is -1.92. The Morgan fingerprint density at radius 3 is 2.42 bits per heavy atom. The SMILES string of the molecule is CCCNc1nc(C)c([N+](=O)[O-])c(NC(C)(C)C)n1. The van der Waals surface area contributed by atoms with E-state index in [4.69, 9.17) is 0 Å².